The van der Waals surface area contributed by atoms with Crippen LogP contribution in [0.1, 0.15) is 24.8 Å². The van der Waals surface area contributed by atoms with E-state index >= 15 is 0 Å². The van der Waals surface area contributed by atoms with Crippen molar-refractivity contribution < 1.29 is 4.79 Å². The third kappa shape index (κ3) is 4.50. The summed E-state index contributed by atoms with van der Waals surface area (Å²) in [7, 11) is 0. The van der Waals surface area contributed by atoms with Crippen LogP contribution in [-0.2, 0) is 17.9 Å². The molecule has 1 atom stereocenters. The number of rotatable bonds is 6. The maximum absolute atomic E-state index is 12.5. The van der Waals surface area contributed by atoms with E-state index in [1.165, 1.54) is 12.8 Å². The molecule has 1 aliphatic carbocycles. The van der Waals surface area contributed by atoms with Crippen LogP contribution in [0.5, 0.6) is 0 Å². The van der Waals surface area contributed by atoms with Gasteiger partial charge in [-0.25, -0.2) is 4.68 Å². The number of benzene rings is 1. The first-order valence-corrected chi connectivity index (χ1v) is 9.80. The number of nitrogens with one attached hydrogen (secondary N) is 1. The summed E-state index contributed by atoms with van der Waals surface area (Å²) in [5.74, 6) is 0.579. The minimum Gasteiger partial charge on any atom is -0.369 e. The van der Waals surface area contributed by atoms with Crippen molar-refractivity contribution in [3.8, 4) is 0 Å². The smallest absolute Gasteiger partial charge is 0.268 e. The molecule has 7 heteroatoms. The van der Waals surface area contributed by atoms with Gasteiger partial charge in [-0.1, -0.05) is 23.7 Å². The topological polar surface area (TPSA) is 67.2 Å². The fourth-order valence-corrected chi connectivity index (χ4v) is 3.55. The monoisotopic (exact) mass is 386 g/mol. The Bertz CT molecular complexity index is 876. The quantitative estimate of drug-likeness (QED) is 0.828. The van der Waals surface area contributed by atoms with Crippen LogP contribution in [0.4, 0.5) is 5.69 Å². The Labute approximate surface area is 163 Å². The van der Waals surface area contributed by atoms with Gasteiger partial charge in [0.15, 0.2) is 0 Å². The first kappa shape index (κ1) is 18.0. The first-order chi connectivity index (χ1) is 13.1. The van der Waals surface area contributed by atoms with Crippen LogP contribution in [0.25, 0.3) is 0 Å². The molecule has 2 heterocycles. The van der Waals surface area contributed by atoms with Crippen LogP contribution in [0.3, 0.4) is 0 Å². The SMILES string of the molecule is O=C(NCc1ccc(Cl)cc1)C1CCN(c2cnn(CC3CC3)c(=O)c2)C1. The van der Waals surface area contributed by atoms with Gasteiger partial charge in [-0.3, -0.25) is 9.59 Å². The lowest BCUT2D eigenvalue weighted by Gasteiger charge is -2.18. The maximum Gasteiger partial charge on any atom is 0.268 e. The molecule has 142 valence electrons. The van der Waals surface area contributed by atoms with Gasteiger partial charge in [0.2, 0.25) is 5.91 Å². The van der Waals surface area contributed by atoms with E-state index in [0.717, 1.165) is 30.8 Å². The van der Waals surface area contributed by atoms with Gasteiger partial charge in [0, 0.05) is 37.3 Å². The molecule has 0 radical (unpaired) electrons. The number of halogens is 1. The Kier molecular flexibility index (Phi) is 5.16. The molecule has 2 aliphatic rings. The zero-order chi connectivity index (χ0) is 18.8. The summed E-state index contributed by atoms with van der Waals surface area (Å²) >= 11 is 5.88. The number of aromatic nitrogens is 2. The normalized spacial score (nSPS) is 19.3. The standard InChI is InChI=1S/C20H23ClN4O2/c21-17-5-3-14(4-6-17)10-22-20(27)16-7-8-24(13-16)18-9-19(26)25(23-11-18)12-15-1-2-15/h3-6,9,11,15-16H,1-2,7-8,10,12-13H2,(H,22,27). The van der Waals surface area contributed by atoms with Crippen LogP contribution >= 0.6 is 11.6 Å². The molecular weight excluding hydrogens is 364 g/mol. The largest absolute Gasteiger partial charge is 0.369 e. The van der Waals surface area contributed by atoms with Crippen LogP contribution in [0.2, 0.25) is 5.02 Å². The summed E-state index contributed by atoms with van der Waals surface area (Å²) in [6.45, 7) is 2.58. The molecule has 1 aliphatic heterocycles. The van der Waals surface area contributed by atoms with Crippen LogP contribution in [-0.4, -0.2) is 28.8 Å². The summed E-state index contributed by atoms with van der Waals surface area (Å²) in [5.41, 5.74) is 1.76. The summed E-state index contributed by atoms with van der Waals surface area (Å²) in [6, 6.07) is 9.10. The second-order valence-corrected chi connectivity index (χ2v) is 7.89. The summed E-state index contributed by atoms with van der Waals surface area (Å²) < 4.78 is 1.55. The highest BCUT2D eigenvalue weighted by Gasteiger charge is 2.29. The van der Waals surface area contributed by atoms with E-state index in [2.05, 4.69) is 15.3 Å². The Hall–Kier alpha value is -2.34. The van der Waals surface area contributed by atoms with Crippen LogP contribution in [0.15, 0.2) is 41.3 Å². The minimum absolute atomic E-state index is 0.0440. The van der Waals surface area contributed by atoms with E-state index in [1.807, 2.05) is 24.3 Å². The molecule has 1 unspecified atom stereocenters. The van der Waals surface area contributed by atoms with Gasteiger partial charge in [0.25, 0.3) is 5.56 Å². The van der Waals surface area contributed by atoms with E-state index in [9.17, 15) is 9.59 Å². The van der Waals surface area contributed by atoms with E-state index < -0.39 is 0 Å². The molecular formula is C20H23ClN4O2. The molecule has 1 aromatic heterocycles. The van der Waals surface area contributed by atoms with Crippen molar-refractivity contribution in [3.05, 3.63) is 57.5 Å². The Morgan fingerprint density at radius 3 is 2.70 bits per heavy atom. The molecule has 2 aromatic rings. The molecule has 27 heavy (non-hydrogen) atoms. The van der Waals surface area contributed by atoms with Crippen molar-refractivity contribution in [2.24, 2.45) is 11.8 Å². The van der Waals surface area contributed by atoms with Gasteiger partial charge in [-0.2, -0.15) is 5.10 Å². The lowest BCUT2D eigenvalue weighted by atomic mass is 10.1. The zero-order valence-electron chi connectivity index (χ0n) is 15.1. The van der Waals surface area contributed by atoms with E-state index in [4.69, 9.17) is 11.6 Å². The van der Waals surface area contributed by atoms with Gasteiger partial charge in [0.05, 0.1) is 17.8 Å². The molecule has 1 saturated heterocycles. The van der Waals surface area contributed by atoms with E-state index in [0.29, 0.717) is 24.0 Å². The number of carbonyl (C=O) groups excluding carboxylic acids is 1. The summed E-state index contributed by atoms with van der Waals surface area (Å²) in [4.78, 5) is 26.8. The van der Waals surface area contributed by atoms with Crippen molar-refractivity contribution in [1.29, 1.82) is 0 Å². The summed E-state index contributed by atoms with van der Waals surface area (Å²) in [5, 5.41) is 7.98. The number of hydrogen-bond donors (Lipinski definition) is 1. The summed E-state index contributed by atoms with van der Waals surface area (Å²) in [6.07, 6.45) is 4.90. The lowest BCUT2D eigenvalue weighted by molar-refractivity contribution is -0.124. The highest BCUT2D eigenvalue weighted by Crippen LogP contribution is 2.30. The number of amides is 1. The Morgan fingerprint density at radius 1 is 1.22 bits per heavy atom. The number of nitrogens with zero attached hydrogens (tertiary/aromatic N) is 3. The van der Waals surface area contributed by atoms with Crippen molar-refractivity contribution in [2.45, 2.75) is 32.4 Å². The van der Waals surface area contributed by atoms with Crippen molar-refractivity contribution in [3.63, 3.8) is 0 Å². The average molecular weight is 387 g/mol. The first-order valence-electron chi connectivity index (χ1n) is 9.43. The molecule has 2 fully saturated rings. The van der Waals surface area contributed by atoms with Crippen LogP contribution < -0.4 is 15.8 Å². The number of carbonyl (C=O) groups is 1. The van der Waals surface area contributed by atoms with Crippen molar-refractivity contribution >= 4 is 23.2 Å². The average Bonchev–Trinajstić information content (AvgIpc) is 3.35. The highest BCUT2D eigenvalue weighted by atomic mass is 35.5. The number of hydrogen-bond acceptors (Lipinski definition) is 4. The van der Waals surface area contributed by atoms with E-state index in [1.54, 1.807) is 16.9 Å². The Balaban J connectivity index is 1.32. The lowest BCUT2D eigenvalue weighted by Crippen LogP contribution is -2.33. The third-order valence-corrected chi connectivity index (χ3v) is 5.54. The Morgan fingerprint density at radius 2 is 2.00 bits per heavy atom. The fraction of sp³-hybridized carbons (Fsp3) is 0.450. The van der Waals surface area contributed by atoms with Gasteiger partial charge in [-0.15, -0.1) is 0 Å². The van der Waals surface area contributed by atoms with Gasteiger partial charge < -0.3 is 10.2 Å². The second kappa shape index (κ2) is 7.72. The van der Waals surface area contributed by atoms with Crippen molar-refractivity contribution in [1.82, 2.24) is 15.1 Å². The molecule has 0 spiro atoms. The predicted molar refractivity (Wildman–Crippen MR) is 105 cm³/mol. The highest BCUT2D eigenvalue weighted by molar-refractivity contribution is 6.30. The van der Waals surface area contributed by atoms with Gasteiger partial charge >= 0.3 is 0 Å². The molecule has 1 aromatic carbocycles. The van der Waals surface area contributed by atoms with Crippen molar-refractivity contribution in [2.75, 3.05) is 18.0 Å². The molecule has 6 nitrogen and oxygen atoms in total. The van der Waals surface area contributed by atoms with Crippen LogP contribution in [0, 0.1) is 11.8 Å². The van der Waals surface area contributed by atoms with Gasteiger partial charge in [-0.05, 0) is 42.9 Å². The number of anilines is 1. The molecule has 1 N–H and O–H groups in total. The molecule has 4 rings (SSSR count). The second-order valence-electron chi connectivity index (χ2n) is 7.45. The molecule has 1 amide bonds. The zero-order valence-corrected chi connectivity index (χ0v) is 15.9. The minimum atomic E-state index is -0.0776. The van der Waals surface area contributed by atoms with E-state index in [-0.39, 0.29) is 17.4 Å². The maximum atomic E-state index is 12.5. The molecule has 0 bridgehead atoms. The van der Waals surface area contributed by atoms with Gasteiger partial charge in [0.1, 0.15) is 0 Å². The third-order valence-electron chi connectivity index (χ3n) is 5.29. The fourth-order valence-electron chi connectivity index (χ4n) is 3.42. The molecule has 1 saturated carbocycles. The predicted octanol–water partition coefficient (Wildman–Crippen LogP) is 2.45.